The molecule has 1 aliphatic rings. The molecule has 0 aliphatic heterocycles. The lowest BCUT2D eigenvalue weighted by molar-refractivity contribution is 0.320. The Morgan fingerprint density at radius 1 is 0.590 bits per heavy atom. The van der Waals surface area contributed by atoms with E-state index in [4.69, 9.17) is 10.3 Å². The molecule has 1 aliphatic carbocycles. The standard InChI is InChI=1S/C25H15F4N3O5S2/c26-16-3-1-4-17(27)20(16)15-10-13-12-8-7-11(38(30,34)35)9-14(12)24(32-33)21(13)23(25(15)39(31,36)37)22-18(28)5-2-6-19(22)29/h1-10,33H,(H2,30,34,35)(H2,31,36,37). The summed E-state index contributed by atoms with van der Waals surface area (Å²) in [7, 11) is -9.30. The van der Waals surface area contributed by atoms with Gasteiger partial charge >= 0.3 is 0 Å². The maximum Gasteiger partial charge on any atom is 0.239 e. The topological polar surface area (TPSA) is 153 Å². The maximum atomic E-state index is 15.2. The fourth-order valence-corrected chi connectivity index (χ4v) is 6.20. The van der Waals surface area contributed by atoms with Gasteiger partial charge < -0.3 is 5.21 Å². The number of sulfonamides is 2. The highest BCUT2D eigenvalue weighted by molar-refractivity contribution is 7.89. The van der Waals surface area contributed by atoms with Crippen LogP contribution in [-0.4, -0.2) is 27.8 Å². The van der Waals surface area contributed by atoms with Crippen LogP contribution < -0.4 is 10.3 Å². The lowest BCUT2D eigenvalue weighted by atomic mass is 9.89. The van der Waals surface area contributed by atoms with Crippen LogP contribution in [0.1, 0.15) is 11.1 Å². The maximum absolute atomic E-state index is 15.2. The number of benzene rings is 4. The zero-order valence-corrected chi connectivity index (χ0v) is 20.9. The number of hydrogen-bond donors (Lipinski definition) is 3. The molecule has 4 aromatic rings. The van der Waals surface area contributed by atoms with Crippen molar-refractivity contribution >= 4 is 25.8 Å². The van der Waals surface area contributed by atoms with E-state index in [1.165, 1.54) is 6.07 Å². The molecule has 0 radical (unpaired) electrons. The van der Waals surface area contributed by atoms with Gasteiger partial charge in [-0.2, -0.15) is 0 Å². The molecule has 0 bridgehead atoms. The van der Waals surface area contributed by atoms with Crippen LogP contribution in [-0.2, 0) is 20.0 Å². The van der Waals surface area contributed by atoms with E-state index in [0.717, 1.165) is 54.6 Å². The van der Waals surface area contributed by atoms with Crippen molar-refractivity contribution < 1.29 is 39.6 Å². The van der Waals surface area contributed by atoms with Crippen molar-refractivity contribution in [2.45, 2.75) is 9.79 Å². The second-order valence-corrected chi connectivity index (χ2v) is 11.5. The predicted octanol–water partition coefficient (Wildman–Crippen LogP) is 4.08. The molecule has 0 saturated carbocycles. The minimum atomic E-state index is -5.02. The molecule has 200 valence electrons. The first-order valence-electron chi connectivity index (χ1n) is 10.8. The summed E-state index contributed by atoms with van der Waals surface area (Å²) in [6, 6.07) is 9.63. The van der Waals surface area contributed by atoms with Gasteiger partial charge in [0.15, 0.2) is 0 Å². The number of oxime groups is 1. The lowest BCUT2D eigenvalue weighted by Crippen LogP contribution is -2.18. The van der Waals surface area contributed by atoms with E-state index >= 15 is 17.6 Å². The van der Waals surface area contributed by atoms with Crippen LogP contribution in [0, 0.1) is 23.3 Å². The second kappa shape index (κ2) is 8.98. The smallest absolute Gasteiger partial charge is 0.239 e. The summed E-state index contributed by atoms with van der Waals surface area (Å²) >= 11 is 0. The average Bonchev–Trinajstić information content (AvgIpc) is 3.15. The van der Waals surface area contributed by atoms with Crippen LogP contribution >= 0.6 is 0 Å². The Balaban J connectivity index is 2.08. The quantitative estimate of drug-likeness (QED) is 0.167. The number of nitrogens with zero attached hydrogens (tertiary/aromatic N) is 1. The number of rotatable bonds is 4. The third kappa shape index (κ3) is 4.17. The lowest BCUT2D eigenvalue weighted by Gasteiger charge is -2.20. The van der Waals surface area contributed by atoms with Gasteiger partial charge in [0, 0.05) is 22.3 Å². The van der Waals surface area contributed by atoms with E-state index in [-0.39, 0.29) is 22.3 Å². The van der Waals surface area contributed by atoms with Gasteiger partial charge in [0.2, 0.25) is 20.0 Å². The van der Waals surface area contributed by atoms with Crippen molar-refractivity contribution in [3.63, 3.8) is 0 Å². The number of hydrogen-bond acceptors (Lipinski definition) is 6. The van der Waals surface area contributed by atoms with Crippen molar-refractivity contribution in [2.24, 2.45) is 15.4 Å². The Kier molecular flexibility index (Phi) is 6.10. The summed E-state index contributed by atoms with van der Waals surface area (Å²) in [4.78, 5) is -1.49. The van der Waals surface area contributed by atoms with Gasteiger partial charge in [0.05, 0.1) is 20.9 Å². The van der Waals surface area contributed by atoms with Crippen LogP contribution in [0.5, 0.6) is 0 Å². The third-order valence-electron chi connectivity index (χ3n) is 6.21. The van der Waals surface area contributed by atoms with Crippen LogP contribution in [0.25, 0.3) is 33.4 Å². The van der Waals surface area contributed by atoms with Crippen molar-refractivity contribution in [1.82, 2.24) is 0 Å². The first-order valence-corrected chi connectivity index (χ1v) is 13.9. The average molecular weight is 578 g/mol. The molecule has 4 aromatic carbocycles. The van der Waals surface area contributed by atoms with Crippen LogP contribution in [0.4, 0.5) is 17.6 Å². The molecule has 5 rings (SSSR count). The molecule has 0 spiro atoms. The molecular weight excluding hydrogens is 562 g/mol. The molecular formula is C25H15F4N3O5S2. The van der Waals surface area contributed by atoms with Crippen LogP contribution in [0.3, 0.4) is 0 Å². The van der Waals surface area contributed by atoms with E-state index < -0.39 is 81.1 Å². The Morgan fingerprint density at radius 2 is 1.13 bits per heavy atom. The highest BCUT2D eigenvalue weighted by Crippen LogP contribution is 2.50. The fraction of sp³-hybridized carbons (Fsp3) is 0. The SMILES string of the molecule is NS(=O)(=O)c1ccc2c(c1)C(=NO)c1c-2cc(-c2c(F)cccc2F)c(S(N)(=O)=O)c1-c1c(F)cccc1F. The van der Waals surface area contributed by atoms with Gasteiger partial charge in [-0.1, -0.05) is 23.4 Å². The number of nitrogens with two attached hydrogens (primary N) is 2. The number of halogens is 4. The largest absolute Gasteiger partial charge is 0.410 e. The molecule has 0 fully saturated rings. The van der Waals surface area contributed by atoms with E-state index in [1.807, 2.05) is 0 Å². The first kappa shape index (κ1) is 26.5. The van der Waals surface area contributed by atoms with Crippen molar-refractivity contribution in [2.75, 3.05) is 0 Å². The highest BCUT2D eigenvalue weighted by Gasteiger charge is 2.38. The van der Waals surface area contributed by atoms with Gasteiger partial charge in [-0.05, 0) is 53.6 Å². The molecule has 0 atom stereocenters. The van der Waals surface area contributed by atoms with E-state index in [1.54, 1.807) is 0 Å². The fourth-order valence-electron chi connectivity index (χ4n) is 4.70. The van der Waals surface area contributed by atoms with Gasteiger partial charge in [-0.15, -0.1) is 0 Å². The zero-order valence-electron chi connectivity index (χ0n) is 19.3. The van der Waals surface area contributed by atoms with Crippen LogP contribution in [0.2, 0.25) is 0 Å². The highest BCUT2D eigenvalue weighted by atomic mass is 32.2. The minimum Gasteiger partial charge on any atom is -0.410 e. The molecule has 0 heterocycles. The second-order valence-electron chi connectivity index (χ2n) is 8.49. The van der Waals surface area contributed by atoms with Crippen molar-refractivity contribution in [1.29, 1.82) is 0 Å². The van der Waals surface area contributed by atoms with Crippen molar-refractivity contribution in [3.8, 4) is 33.4 Å². The monoisotopic (exact) mass is 577 g/mol. The number of primary sulfonamides is 2. The normalized spacial score (nSPS) is 13.9. The Hall–Kier alpha value is -4.11. The molecule has 0 aromatic heterocycles. The molecule has 8 nitrogen and oxygen atoms in total. The van der Waals surface area contributed by atoms with Crippen molar-refractivity contribution in [3.05, 3.63) is 95.1 Å². The minimum absolute atomic E-state index is 0.0820. The summed E-state index contributed by atoms with van der Waals surface area (Å²) in [6.45, 7) is 0. The summed E-state index contributed by atoms with van der Waals surface area (Å²) < 4.78 is 110. The molecule has 14 heteroatoms. The summed E-state index contributed by atoms with van der Waals surface area (Å²) in [5.41, 5.74) is -4.26. The summed E-state index contributed by atoms with van der Waals surface area (Å²) in [5, 5.41) is 23.8. The third-order valence-corrected chi connectivity index (χ3v) is 8.11. The Bertz CT molecular complexity index is 1940. The molecule has 5 N–H and O–H groups in total. The summed E-state index contributed by atoms with van der Waals surface area (Å²) in [6.07, 6.45) is 0. The summed E-state index contributed by atoms with van der Waals surface area (Å²) in [5.74, 6) is -4.96. The van der Waals surface area contributed by atoms with Crippen LogP contribution in [0.15, 0.2) is 75.6 Å². The molecule has 0 amide bonds. The zero-order chi connectivity index (χ0) is 28.4. The van der Waals surface area contributed by atoms with Gasteiger partial charge in [0.1, 0.15) is 29.0 Å². The van der Waals surface area contributed by atoms with Gasteiger partial charge in [-0.3, -0.25) is 0 Å². The Labute approximate surface area is 218 Å². The first-order chi connectivity index (χ1) is 18.3. The predicted molar refractivity (Wildman–Crippen MR) is 133 cm³/mol. The van der Waals surface area contributed by atoms with Gasteiger partial charge in [-0.25, -0.2) is 44.7 Å². The number of fused-ring (bicyclic) bond motifs is 3. The van der Waals surface area contributed by atoms with E-state index in [9.17, 15) is 22.0 Å². The van der Waals surface area contributed by atoms with E-state index in [2.05, 4.69) is 5.16 Å². The van der Waals surface area contributed by atoms with Gasteiger partial charge in [0.25, 0.3) is 0 Å². The molecule has 39 heavy (non-hydrogen) atoms. The molecule has 0 unspecified atom stereocenters. The molecule has 0 saturated heterocycles. The Morgan fingerprint density at radius 3 is 1.62 bits per heavy atom. The van der Waals surface area contributed by atoms with E-state index in [0.29, 0.717) is 0 Å².